The molecule has 7 heteroatoms. The van der Waals surface area contributed by atoms with E-state index in [0.29, 0.717) is 5.13 Å². The summed E-state index contributed by atoms with van der Waals surface area (Å²) in [5.74, 6) is 2.28. The SMILES string of the molecule is C#CCNC(=O)C(C)Sc1nnc(Nc2cccc(C)c2C)s1. The van der Waals surface area contributed by atoms with Crippen molar-refractivity contribution in [2.24, 2.45) is 0 Å². The Morgan fingerprint density at radius 2 is 2.22 bits per heavy atom. The number of benzene rings is 1. The lowest BCUT2D eigenvalue weighted by molar-refractivity contribution is -0.120. The average Bonchev–Trinajstić information content (AvgIpc) is 2.96. The minimum atomic E-state index is -0.273. The third-order valence-electron chi connectivity index (χ3n) is 3.26. The molecule has 2 N–H and O–H groups in total. The van der Waals surface area contributed by atoms with Gasteiger partial charge in [0.15, 0.2) is 4.34 Å². The number of hydrogen-bond donors (Lipinski definition) is 2. The van der Waals surface area contributed by atoms with Crippen LogP contribution in [0.4, 0.5) is 10.8 Å². The third-order valence-corrected chi connectivity index (χ3v) is 5.29. The molecule has 0 aliphatic carbocycles. The van der Waals surface area contributed by atoms with Crippen molar-refractivity contribution < 1.29 is 4.79 Å². The Balaban J connectivity index is 1.99. The summed E-state index contributed by atoms with van der Waals surface area (Å²) in [6.07, 6.45) is 5.13. The predicted molar refractivity (Wildman–Crippen MR) is 96.3 cm³/mol. The van der Waals surface area contributed by atoms with E-state index in [1.54, 1.807) is 0 Å². The van der Waals surface area contributed by atoms with E-state index < -0.39 is 0 Å². The molecular formula is C16H18N4OS2. The van der Waals surface area contributed by atoms with Gasteiger partial charge in [-0.25, -0.2) is 0 Å². The fourth-order valence-corrected chi connectivity index (χ4v) is 3.73. The smallest absolute Gasteiger partial charge is 0.234 e. The summed E-state index contributed by atoms with van der Waals surface area (Å²) in [6.45, 7) is 6.18. The number of hydrogen-bond acceptors (Lipinski definition) is 6. The summed E-state index contributed by atoms with van der Waals surface area (Å²) in [7, 11) is 0. The van der Waals surface area contributed by atoms with E-state index in [9.17, 15) is 4.79 Å². The summed E-state index contributed by atoms with van der Waals surface area (Å²) in [5, 5.41) is 14.6. The van der Waals surface area contributed by atoms with Crippen LogP contribution < -0.4 is 10.6 Å². The third kappa shape index (κ3) is 4.71. The molecule has 5 nitrogen and oxygen atoms in total. The number of rotatable bonds is 6. The molecule has 120 valence electrons. The molecule has 2 aromatic rings. The lowest BCUT2D eigenvalue weighted by Crippen LogP contribution is -2.30. The molecule has 0 spiro atoms. The van der Waals surface area contributed by atoms with Crippen LogP contribution in [0, 0.1) is 26.2 Å². The molecule has 1 heterocycles. The van der Waals surface area contributed by atoms with E-state index >= 15 is 0 Å². The highest BCUT2D eigenvalue weighted by atomic mass is 32.2. The minimum absolute atomic E-state index is 0.104. The lowest BCUT2D eigenvalue weighted by atomic mass is 10.1. The van der Waals surface area contributed by atoms with Crippen LogP contribution in [0.1, 0.15) is 18.1 Å². The summed E-state index contributed by atoms with van der Waals surface area (Å²) >= 11 is 2.79. The fourth-order valence-electron chi connectivity index (χ4n) is 1.80. The first kappa shape index (κ1) is 17.3. The van der Waals surface area contributed by atoms with Crippen LogP contribution in [0.25, 0.3) is 0 Å². The highest BCUT2D eigenvalue weighted by Gasteiger charge is 2.16. The zero-order chi connectivity index (χ0) is 16.8. The summed E-state index contributed by atoms with van der Waals surface area (Å²) in [6, 6.07) is 6.07. The number of aryl methyl sites for hydroxylation is 1. The van der Waals surface area contributed by atoms with Crippen LogP contribution in [-0.2, 0) is 4.79 Å². The Morgan fingerprint density at radius 3 is 2.96 bits per heavy atom. The Labute approximate surface area is 144 Å². The first-order chi connectivity index (χ1) is 11.0. The van der Waals surface area contributed by atoms with Gasteiger partial charge in [0.2, 0.25) is 11.0 Å². The molecule has 0 aliphatic rings. The lowest BCUT2D eigenvalue weighted by Gasteiger charge is -2.08. The van der Waals surface area contributed by atoms with Crippen molar-refractivity contribution >= 4 is 39.8 Å². The van der Waals surface area contributed by atoms with Gasteiger partial charge in [0.1, 0.15) is 0 Å². The molecule has 0 saturated heterocycles. The van der Waals surface area contributed by atoms with Crippen molar-refractivity contribution in [3.05, 3.63) is 29.3 Å². The highest BCUT2D eigenvalue weighted by Crippen LogP contribution is 2.31. The number of thioether (sulfide) groups is 1. The zero-order valence-electron chi connectivity index (χ0n) is 13.2. The molecule has 0 bridgehead atoms. The van der Waals surface area contributed by atoms with Crippen LogP contribution in [0.5, 0.6) is 0 Å². The number of aromatic nitrogens is 2. The summed E-state index contributed by atoms with van der Waals surface area (Å²) < 4.78 is 0.737. The zero-order valence-corrected chi connectivity index (χ0v) is 14.8. The number of terminal acetylenes is 1. The van der Waals surface area contributed by atoms with Crippen molar-refractivity contribution in [1.29, 1.82) is 0 Å². The van der Waals surface area contributed by atoms with Crippen molar-refractivity contribution in [3.8, 4) is 12.3 Å². The first-order valence-corrected chi connectivity index (χ1v) is 8.75. The van der Waals surface area contributed by atoms with Gasteiger partial charge in [-0.1, -0.05) is 41.2 Å². The van der Waals surface area contributed by atoms with Crippen molar-refractivity contribution in [2.75, 3.05) is 11.9 Å². The van der Waals surface area contributed by atoms with Gasteiger partial charge >= 0.3 is 0 Å². The Morgan fingerprint density at radius 1 is 1.43 bits per heavy atom. The van der Waals surface area contributed by atoms with Gasteiger partial charge in [0.25, 0.3) is 0 Å². The molecule has 1 amide bonds. The molecule has 0 radical (unpaired) electrons. The quantitative estimate of drug-likeness (QED) is 0.621. The molecule has 1 unspecified atom stereocenters. The molecule has 1 aromatic heterocycles. The van der Waals surface area contributed by atoms with Gasteiger partial charge < -0.3 is 10.6 Å². The standard InChI is InChI=1S/C16H18N4OS2/c1-5-9-17-14(21)12(4)22-16-20-19-15(23-16)18-13-8-6-7-10(2)11(13)3/h1,6-8,12H,9H2,2-4H3,(H,17,21)(H,18,19). The average molecular weight is 346 g/mol. The second-order valence-corrected chi connectivity index (χ2v) is 7.49. The Kier molecular flexibility index (Phi) is 6.02. The van der Waals surface area contributed by atoms with Crippen LogP contribution >= 0.6 is 23.1 Å². The van der Waals surface area contributed by atoms with E-state index in [1.165, 1.54) is 34.2 Å². The maximum absolute atomic E-state index is 11.8. The monoisotopic (exact) mass is 346 g/mol. The van der Waals surface area contributed by atoms with Gasteiger partial charge in [-0.3, -0.25) is 4.79 Å². The number of nitrogens with one attached hydrogen (secondary N) is 2. The number of amides is 1. The molecule has 23 heavy (non-hydrogen) atoms. The summed E-state index contributed by atoms with van der Waals surface area (Å²) in [5.41, 5.74) is 3.41. The highest BCUT2D eigenvalue weighted by molar-refractivity contribution is 8.02. The normalized spacial score (nSPS) is 11.6. The molecule has 0 saturated carbocycles. The van der Waals surface area contributed by atoms with Crippen molar-refractivity contribution in [1.82, 2.24) is 15.5 Å². The second-order valence-electron chi connectivity index (χ2n) is 4.93. The van der Waals surface area contributed by atoms with E-state index in [-0.39, 0.29) is 17.7 Å². The molecule has 2 rings (SSSR count). The van der Waals surface area contributed by atoms with Crippen LogP contribution in [0.15, 0.2) is 22.5 Å². The number of anilines is 2. The molecule has 0 fully saturated rings. The molecule has 0 aliphatic heterocycles. The van der Waals surface area contributed by atoms with Gasteiger partial charge in [0.05, 0.1) is 11.8 Å². The van der Waals surface area contributed by atoms with Crippen molar-refractivity contribution in [2.45, 2.75) is 30.4 Å². The van der Waals surface area contributed by atoms with E-state index in [2.05, 4.69) is 46.7 Å². The molecule has 1 atom stereocenters. The molecular weight excluding hydrogens is 328 g/mol. The summed E-state index contributed by atoms with van der Waals surface area (Å²) in [4.78, 5) is 11.8. The Bertz CT molecular complexity index is 736. The van der Waals surface area contributed by atoms with Crippen LogP contribution in [0.3, 0.4) is 0 Å². The van der Waals surface area contributed by atoms with Gasteiger partial charge in [-0.15, -0.1) is 16.6 Å². The Hall–Kier alpha value is -2.04. The van der Waals surface area contributed by atoms with Crippen LogP contribution in [-0.4, -0.2) is 27.9 Å². The van der Waals surface area contributed by atoms with Gasteiger partial charge in [-0.2, -0.15) is 0 Å². The van der Waals surface area contributed by atoms with E-state index in [1.807, 2.05) is 19.1 Å². The predicted octanol–water partition coefficient (Wildman–Crippen LogP) is 3.13. The first-order valence-electron chi connectivity index (χ1n) is 7.06. The maximum atomic E-state index is 11.8. The minimum Gasteiger partial charge on any atom is -0.344 e. The number of carbonyl (C=O) groups excluding carboxylic acids is 1. The van der Waals surface area contributed by atoms with E-state index in [0.717, 1.165) is 10.0 Å². The maximum Gasteiger partial charge on any atom is 0.234 e. The van der Waals surface area contributed by atoms with E-state index in [4.69, 9.17) is 6.42 Å². The fraction of sp³-hybridized carbons (Fsp3) is 0.312. The van der Waals surface area contributed by atoms with Crippen molar-refractivity contribution in [3.63, 3.8) is 0 Å². The van der Waals surface area contributed by atoms with Crippen LogP contribution in [0.2, 0.25) is 0 Å². The topological polar surface area (TPSA) is 66.9 Å². The number of nitrogens with zero attached hydrogens (tertiary/aromatic N) is 2. The molecule has 1 aromatic carbocycles. The second kappa shape index (κ2) is 7.99. The van der Waals surface area contributed by atoms with Gasteiger partial charge in [-0.05, 0) is 38.0 Å². The van der Waals surface area contributed by atoms with Gasteiger partial charge in [0, 0.05) is 5.69 Å². The largest absolute Gasteiger partial charge is 0.344 e. The number of carbonyl (C=O) groups is 1.